The Morgan fingerprint density at radius 2 is 2.00 bits per heavy atom. The van der Waals surface area contributed by atoms with Crippen molar-refractivity contribution in [2.45, 2.75) is 57.2 Å². The summed E-state index contributed by atoms with van der Waals surface area (Å²) in [7, 11) is 0. The minimum Gasteiger partial charge on any atom is -0.345 e. The lowest BCUT2D eigenvalue weighted by Crippen LogP contribution is -2.64. The van der Waals surface area contributed by atoms with E-state index >= 15 is 0 Å². The Morgan fingerprint density at radius 1 is 1.21 bits per heavy atom. The fourth-order valence-electron chi connectivity index (χ4n) is 4.44. The topological polar surface area (TPSA) is 129 Å². The maximum atomic E-state index is 13.5. The highest BCUT2D eigenvalue weighted by atomic mass is 16.2. The standard InChI is InChI=1S/C24H27N5O5/c1-2-16(14-30)26-22(32)19-8-5-13-28-20(31)10-9-18(24(34)29(19)28)27-23(33)21-17-7-4-3-6-15(17)11-12-25-21/h3-4,6-7,11-12,14,16,18-19H,2,5,8-10,13H2,1H3,(H,26,32)(H,27,33)/t16?,18-,19-/m0/s1. The van der Waals surface area contributed by atoms with Gasteiger partial charge in [-0.1, -0.05) is 31.2 Å². The van der Waals surface area contributed by atoms with Crippen molar-refractivity contribution < 1.29 is 24.0 Å². The van der Waals surface area contributed by atoms with Crippen LogP contribution >= 0.6 is 0 Å². The van der Waals surface area contributed by atoms with Gasteiger partial charge < -0.3 is 15.4 Å². The summed E-state index contributed by atoms with van der Waals surface area (Å²) in [5.41, 5.74) is 0.183. The molecular formula is C24H27N5O5. The third kappa shape index (κ3) is 4.48. The van der Waals surface area contributed by atoms with Crippen LogP contribution in [0.15, 0.2) is 36.5 Å². The van der Waals surface area contributed by atoms with Crippen LogP contribution in [0.5, 0.6) is 0 Å². The maximum Gasteiger partial charge on any atom is 0.271 e. The molecule has 2 saturated heterocycles. The zero-order valence-electron chi connectivity index (χ0n) is 18.9. The third-order valence-electron chi connectivity index (χ3n) is 6.29. The summed E-state index contributed by atoms with van der Waals surface area (Å²) in [6, 6.07) is 6.48. The molecule has 34 heavy (non-hydrogen) atoms. The Morgan fingerprint density at radius 3 is 2.76 bits per heavy atom. The molecule has 0 aliphatic carbocycles. The highest BCUT2D eigenvalue weighted by Gasteiger charge is 2.44. The Hall–Kier alpha value is -3.82. The third-order valence-corrected chi connectivity index (χ3v) is 6.29. The predicted octanol–water partition coefficient (Wildman–Crippen LogP) is 0.955. The van der Waals surface area contributed by atoms with Gasteiger partial charge in [0.15, 0.2) is 0 Å². The van der Waals surface area contributed by atoms with Gasteiger partial charge in [0.2, 0.25) is 11.8 Å². The fourth-order valence-corrected chi connectivity index (χ4v) is 4.44. The van der Waals surface area contributed by atoms with Crippen LogP contribution in [-0.2, 0) is 19.2 Å². The van der Waals surface area contributed by atoms with Crippen LogP contribution in [0.4, 0.5) is 0 Å². The second-order valence-corrected chi connectivity index (χ2v) is 8.46. The lowest BCUT2D eigenvalue weighted by molar-refractivity contribution is -0.176. The highest BCUT2D eigenvalue weighted by Crippen LogP contribution is 2.25. The van der Waals surface area contributed by atoms with E-state index in [1.54, 1.807) is 25.1 Å². The van der Waals surface area contributed by atoms with Gasteiger partial charge in [-0.05, 0) is 37.1 Å². The molecule has 2 fully saturated rings. The first kappa shape index (κ1) is 23.3. The number of aldehydes is 1. The first-order valence-corrected chi connectivity index (χ1v) is 11.5. The van der Waals surface area contributed by atoms with Crippen LogP contribution in [0.1, 0.15) is 49.5 Å². The zero-order valence-corrected chi connectivity index (χ0v) is 18.9. The number of carbonyl (C=O) groups excluding carboxylic acids is 5. The molecule has 4 rings (SSSR count). The number of carbonyl (C=O) groups is 5. The molecular weight excluding hydrogens is 438 g/mol. The van der Waals surface area contributed by atoms with E-state index in [0.717, 1.165) is 5.39 Å². The largest absolute Gasteiger partial charge is 0.345 e. The van der Waals surface area contributed by atoms with Gasteiger partial charge in [0.25, 0.3) is 11.8 Å². The lowest BCUT2D eigenvalue weighted by Gasteiger charge is -2.43. The molecule has 0 bridgehead atoms. The molecule has 4 amide bonds. The summed E-state index contributed by atoms with van der Waals surface area (Å²) in [5.74, 6) is -1.83. The number of nitrogens with one attached hydrogen (secondary N) is 2. The van der Waals surface area contributed by atoms with Gasteiger partial charge in [-0.15, -0.1) is 0 Å². The SMILES string of the molecule is CCC(C=O)NC(=O)[C@@H]1CCCN2C(=O)CC[C@H](NC(=O)c3nccc4ccccc34)C(=O)N12. The van der Waals surface area contributed by atoms with Crippen LogP contribution in [-0.4, -0.2) is 69.6 Å². The molecule has 1 unspecified atom stereocenters. The fraction of sp³-hybridized carbons (Fsp3) is 0.417. The molecule has 2 aliphatic rings. The second-order valence-electron chi connectivity index (χ2n) is 8.46. The number of aromatic nitrogens is 1. The number of hydrazine groups is 1. The number of amides is 4. The molecule has 1 aromatic heterocycles. The summed E-state index contributed by atoms with van der Waals surface area (Å²) in [4.78, 5) is 67.8. The van der Waals surface area contributed by atoms with Gasteiger partial charge in [0, 0.05) is 24.5 Å². The molecule has 3 heterocycles. The van der Waals surface area contributed by atoms with E-state index < -0.39 is 35.8 Å². The van der Waals surface area contributed by atoms with Gasteiger partial charge >= 0.3 is 0 Å². The molecule has 3 atom stereocenters. The van der Waals surface area contributed by atoms with E-state index in [0.29, 0.717) is 37.5 Å². The number of rotatable bonds is 6. The van der Waals surface area contributed by atoms with Crippen molar-refractivity contribution in [1.29, 1.82) is 0 Å². The summed E-state index contributed by atoms with van der Waals surface area (Å²) in [5, 5.41) is 9.34. The van der Waals surface area contributed by atoms with Gasteiger partial charge in [0.05, 0.1) is 6.04 Å². The van der Waals surface area contributed by atoms with Crippen molar-refractivity contribution in [3.8, 4) is 0 Å². The van der Waals surface area contributed by atoms with Crippen molar-refractivity contribution in [2.24, 2.45) is 0 Å². The molecule has 0 saturated carbocycles. The van der Waals surface area contributed by atoms with Crippen molar-refractivity contribution in [1.82, 2.24) is 25.6 Å². The number of nitrogens with zero attached hydrogens (tertiary/aromatic N) is 3. The summed E-state index contributed by atoms with van der Waals surface area (Å²) in [6.45, 7) is 2.07. The van der Waals surface area contributed by atoms with E-state index in [4.69, 9.17) is 0 Å². The summed E-state index contributed by atoms with van der Waals surface area (Å²) < 4.78 is 0. The molecule has 10 heteroatoms. The van der Waals surface area contributed by atoms with Crippen LogP contribution < -0.4 is 10.6 Å². The Labute approximate surface area is 196 Å². The molecule has 1 aromatic carbocycles. The minimum absolute atomic E-state index is 0.0520. The van der Waals surface area contributed by atoms with Crippen LogP contribution in [0.3, 0.4) is 0 Å². The average Bonchev–Trinajstić information content (AvgIpc) is 2.98. The Kier molecular flexibility index (Phi) is 6.85. The summed E-state index contributed by atoms with van der Waals surface area (Å²) in [6.07, 6.45) is 3.64. The molecule has 2 aliphatic heterocycles. The number of pyridine rings is 1. The van der Waals surface area contributed by atoms with E-state index in [9.17, 15) is 24.0 Å². The van der Waals surface area contributed by atoms with Crippen LogP contribution in [0, 0.1) is 0 Å². The number of fused-ring (bicyclic) bond motifs is 2. The monoisotopic (exact) mass is 465 g/mol. The zero-order chi connectivity index (χ0) is 24.2. The average molecular weight is 466 g/mol. The molecule has 0 spiro atoms. The van der Waals surface area contributed by atoms with Gasteiger partial charge in [-0.2, -0.15) is 0 Å². The lowest BCUT2D eigenvalue weighted by atomic mass is 10.0. The summed E-state index contributed by atoms with van der Waals surface area (Å²) >= 11 is 0. The quantitative estimate of drug-likeness (QED) is 0.612. The second kappa shape index (κ2) is 9.98. The van der Waals surface area contributed by atoms with Crippen molar-refractivity contribution in [2.75, 3.05) is 6.54 Å². The van der Waals surface area contributed by atoms with Crippen molar-refractivity contribution >= 4 is 40.7 Å². The van der Waals surface area contributed by atoms with Crippen molar-refractivity contribution in [3.05, 3.63) is 42.2 Å². The van der Waals surface area contributed by atoms with E-state index in [2.05, 4.69) is 15.6 Å². The van der Waals surface area contributed by atoms with Gasteiger partial charge in [-0.25, -0.2) is 5.01 Å². The minimum atomic E-state index is -0.997. The number of benzene rings is 1. The van der Waals surface area contributed by atoms with E-state index in [1.165, 1.54) is 16.2 Å². The highest BCUT2D eigenvalue weighted by molar-refractivity contribution is 6.06. The molecule has 2 aromatic rings. The first-order chi connectivity index (χ1) is 16.4. The molecule has 0 radical (unpaired) electrons. The molecule has 178 valence electrons. The van der Waals surface area contributed by atoms with Crippen molar-refractivity contribution in [3.63, 3.8) is 0 Å². The first-order valence-electron chi connectivity index (χ1n) is 11.5. The van der Waals surface area contributed by atoms with Crippen LogP contribution in [0.2, 0.25) is 0 Å². The van der Waals surface area contributed by atoms with E-state index in [1.807, 2.05) is 12.1 Å². The molecule has 2 N–H and O–H groups in total. The predicted molar refractivity (Wildman–Crippen MR) is 122 cm³/mol. The van der Waals surface area contributed by atoms with Crippen LogP contribution in [0.25, 0.3) is 10.8 Å². The van der Waals surface area contributed by atoms with Gasteiger partial charge in [0.1, 0.15) is 24.1 Å². The van der Waals surface area contributed by atoms with Gasteiger partial charge in [-0.3, -0.25) is 29.2 Å². The maximum absolute atomic E-state index is 13.5. The Balaban J connectivity index is 1.59. The Bertz CT molecular complexity index is 1130. The normalized spacial score (nSPS) is 21.4. The van der Waals surface area contributed by atoms with E-state index in [-0.39, 0.29) is 24.4 Å². The number of hydrogen-bond acceptors (Lipinski definition) is 6. The molecule has 10 nitrogen and oxygen atoms in total. The number of hydrogen-bond donors (Lipinski definition) is 2. The smallest absolute Gasteiger partial charge is 0.271 e.